The van der Waals surface area contributed by atoms with E-state index in [4.69, 9.17) is 4.74 Å². The maximum atomic E-state index is 13.5. The molecular weight excluding hydrogens is 370 g/mol. The number of hydrogen-bond donors (Lipinski definition) is 0. The molecule has 1 aliphatic rings. The van der Waals surface area contributed by atoms with Gasteiger partial charge in [0.05, 0.1) is 13.2 Å². The number of hydrogen-bond acceptors (Lipinski definition) is 2. The van der Waals surface area contributed by atoms with Crippen molar-refractivity contribution in [1.82, 2.24) is 0 Å². The summed E-state index contributed by atoms with van der Waals surface area (Å²) in [5.41, 5.74) is 5.24. The van der Waals surface area contributed by atoms with Gasteiger partial charge in [-0.05, 0) is 60.7 Å². The highest BCUT2D eigenvalue weighted by molar-refractivity contribution is 6.09. The van der Waals surface area contributed by atoms with Crippen molar-refractivity contribution >= 4 is 11.6 Å². The third-order valence-electron chi connectivity index (χ3n) is 5.77. The van der Waals surface area contributed by atoms with E-state index in [1.165, 1.54) is 11.1 Å². The maximum absolute atomic E-state index is 13.5. The van der Waals surface area contributed by atoms with Crippen LogP contribution in [0.5, 0.6) is 5.75 Å². The van der Waals surface area contributed by atoms with Crippen molar-refractivity contribution in [3.63, 3.8) is 0 Å². The number of methoxy groups -OCH3 is 1. The molecule has 3 aromatic rings. The predicted molar refractivity (Wildman–Crippen MR) is 122 cm³/mol. The molecule has 3 heteroatoms. The zero-order valence-corrected chi connectivity index (χ0v) is 17.7. The molecule has 1 amide bonds. The fraction of sp³-hybridized carbons (Fsp3) is 0.222. The summed E-state index contributed by atoms with van der Waals surface area (Å²) in [7, 11) is 1.67. The second kappa shape index (κ2) is 8.58. The number of aryl methyl sites for hydroxylation is 1. The molecule has 1 aliphatic heterocycles. The van der Waals surface area contributed by atoms with E-state index < -0.39 is 0 Å². The molecule has 0 unspecified atom stereocenters. The molecule has 0 N–H and O–H groups in total. The van der Waals surface area contributed by atoms with Crippen LogP contribution in [0.25, 0.3) is 0 Å². The Kier molecular flexibility index (Phi) is 5.71. The minimum absolute atomic E-state index is 0.0782. The lowest BCUT2D eigenvalue weighted by molar-refractivity contribution is -0.115. The molecule has 0 aliphatic carbocycles. The van der Waals surface area contributed by atoms with E-state index >= 15 is 0 Å². The highest BCUT2D eigenvalue weighted by atomic mass is 16.5. The molecule has 3 nitrogen and oxygen atoms in total. The summed E-state index contributed by atoms with van der Waals surface area (Å²) in [6.07, 6.45) is 2.84. The average molecular weight is 398 g/mol. The Morgan fingerprint density at radius 3 is 2.40 bits per heavy atom. The molecule has 0 saturated carbocycles. The number of ether oxygens (including phenoxy) is 1. The minimum Gasteiger partial charge on any atom is -0.497 e. The molecule has 0 radical (unpaired) electrons. The van der Waals surface area contributed by atoms with Crippen molar-refractivity contribution in [3.8, 4) is 5.75 Å². The van der Waals surface area contributed by atoms with Gasteiger partial charge in [-0.1, -0.05) is 67.1 Å². The van der Waals surface area contributed by atoms with E-state index in [1.54, 1.807) is 7.11 Å². The number of nitrogens with zero attached hydrogens (tertiary/aromatic N) is 1. The van der Waals surface area contributed by atoms with Gasteiger partial charge in [0, 0.05) is 11.3 Å². The fourth-order valence-electron chi connectivity index (χ4n) is 4.06. The van der Waals surface area contributed by atoms with Crippen LogP contribution in [-0.2, 0) is 4.79 Å². The fourth-order valence-corrected chi connectivity index (χ4v) is 4.06. The molecule has 2 atom stereocenters. The van der Waals surface area contributed by atoms with E-state index in [1.807, 2.05) is 53.4 Å². The van der Waals surface area contributed by atoms with Gasteiger partial charge in [-0.25, -0.2) is 0 Å². The molecule has 0 fully saturated rings. The first-order valence-electron chi connectivity index (χ1n) is 10.4. The Labute approximate surface area is 178 Å². The molecule has 30 heavy (non-hydrogen) atoms. The standard InChI is InChI=1S/C27H27NO2/c1-19-12-14-24(15-13-19)28-26(22-10-7-11-25(17-22)30-3)18-23(27(28)29)16-20(2)21-8-5-4-6-9-21/h4-15,17-18,20,26H,16H2,1-3H3/t20-,26-/m0/s1. The summed E-state index contributed by atoms with van der Waals surface area (Å²) in [4.78, 5) is 15.4. The number of amides is 1. The van der Waals surface area contributed by atoms with Crippen LogP contribution in [0.4, 0.5) is 5.69 Å². The second-order valence-electron chi connectivity index (χ2n) is 7.94. The van der Waals surface area contributed by atoms with Crippen molar-refractivity contribution < 1.29 is 9.53 Å². The van der Waals surface area contributed by atoms with Gasteiger partial charge in [0.1, 0.15) is 5.75 Å². The summed E-state index contributed by atoms with van der Waals surface area (Å²) in [5, 5.41) is 0. The van der Waals surface area contributed by atoms with E-state index in [0.717, 1.165) is 22.6 Å². The van der Waals surface area contributed by atoms with Gasteiger partial charge in [0.15, 0.2) is 0 Å². The van der Waals surface area contributed by atoms with Crippen molar-refractivity contribution in [1.29, 1.82) is 0 Å². The van der Waals surface area contributed by atoms with Crippen molar-refractivity contribution in [2.24, 2.45) is 0 Å². The van der Waals surface area contributed by atoms with Gasteiger partial charge in [-0.15, -0.1) is 0 Å². The number of carbonyl (C=O) groups is 1. The maximum Gasteiger partial charge on any atom is 0.254 e. The monoisotopic (exact) mass is 397 g/mol. The van der Waals surface area contributed by atoms with Gasteiger partial charge >= 0.3 is 0 Å². The Bertz CT molecular complexity index is 1050. The third-order valence-corrected chi connectivity index (χ3v) is 5.77. The first-order valence-corrected chi connectivity index (χ1v) is 10.4. The van der Waals surface area contributed by atoms with Gasteiger partial charge in [0.2, 0.25) is 0 Å². The van der Waals surface area contributed by atoms with Gasteiger partial charge in [-0.2, -0.15) is 0 Å². The summed E-state index contributed by atoms with van der Waals surface area (Å²) in [6, 6.07) is 26.4. The van der Waals surface area contributed by atoms with Crippen LogP contribution in [0.15, 0.2) is 90.5 Å². The van der Waals surface area contributed by atoms with Crippen molar-refractivity contribution in [2.45, 2.75) is 32.2 Å². The van der Waals surface area contributed by atoms with Crippen LogP contribution in [0, 0.1) is 6.92 Å². The highest BCUT2D eigenvalue weighted by Gasteiger charge is 2.35. The van der Waals surface area contributed by atoms with Crippen molar-refractivity contribution in [2.75, 3.05) is 12.0 Å². The molecule has 1 heterocycles. The molecule has 4 rings (SSSR count). The quantitative estimate of drug-likeness (QED) is 0.495. The summed E-state index contributed by atoms with van der Waals surface area (Å²) in [5.74, 6) is 1.14. The molecule has 0 bridgehead atoms. The Hall–Kier alpha value is -3.33. The highest BCUT2D eigenvalue weighted by Crippen LogP contribution is 2.39. The van der Waals surface area contributed by atoms with Gasteiger partial charge < -0.3 is 4.74 Å². The first-order chi connectivity index (χ1) is 14.6. The van der Waals surface area contributed by atoms with E-state index in [0.29, 0.717) is 6.42 Å². The molecule has 0 spiro atoms. The summed E-state index contributed by atoms with van der Waals surface area (Å²) < 4.78 is 5.42. The largest absolute Gasteiger partial charge is 0.497 e. The van der Waals surface area contributed by atoms with E-state index in [9.17, 15) is 4.79 Å². The topological polar surface area (TPSA) is 29.5 Å². The molecular formula is C27H27NO2. The third kappa shape index (κ3) is 4.02. The molecule has 0 saturated heterocycles. The van der Waals surface area contributed by atoms with Crippen LogP contribution in [0.2, 0.25) is 0 Å². The SMILES string of the molecule is COc1cccc([C@@H]2C=C(C[C@H](C)c3ccccc3)C(=O)N2c2ccc(C)cc2)c1. The number of carbonyl (C=O) groups excluding carboxylic acids is 1. The zero-order valence-electron chi connectivity index (χ0n) is 17.7. The number of benzene rings is 3. The zero-order chi connectivity index (χ0) is 21.1. The van der Waals surface area contributed by atoms with Crippen LogP contribution >= 0.6 is 0 Å². The lowest BCUT2D eigenvalue weighted by Crippen LogP contribution is -2.29. The number of rotatable bonds is 6. The Morgan fingerprint density at radius 1 is 0.967 bits per heavy atom. The van der Waals surface area contributed by atoms with Gasteiger partial charge in [0.25, 0.3) is 5.91 Å². The minimum atomic E-state index is -0.145. The molecule has 0 aromatic heterocycles. The van der Waals surface area contributed by atoms with Crippen molar-refractivity contribution in [3.05, 3.63) is 107 Å². The molecule has 152 valence electrons. The Balaban J connectivity index is 1.70. The normalized spacial score (nSPS) is 17.0. The van der Waals surface area contributed by atoms with Crippen LogP contribution in [0.3, 0.4) is 0 Å². The van der Waals surface area contributed by atoms with E-state index in [-0.39, 0.29) is 17.9 Å². The molecule has 3 aromatic carbocycles. The van der Waals surface area contributed by atoms with Crippen LogP contribution in [-0.4, -0.2) is 13.0 Å². The summed E-state index contributed by atoms with van der Waals surface area (Å²) in [6.45, 7) is 4.24. The number of anilines is 1. The predicted octanol–water partition coefficient (Wildman–Crippen LogP) is 6.21. The second-order valence-corrected chi connectivity index (χ2v) is 7.94. The Morgan fingerprint density at radius 2 is 1.70 bits per heavy atom. The van der Waals surface area contributed by atoms with Gasteiger partial charge in [-0.3, -0.25) is 9.69 Å². The van der Waals surface area contributed by atoms with Crippen LogP contribution < -0.4 is 9.64 Å². The average Bonchev–Trinajstić information content (AvgIpc) is 3.11. The lowest BCUT2D eigenvalue weighted by Gasteiger charge is -2.26. The lowest BCUT2D eigenvalue weighted by atomic mass is 9.93. The smallest absolute Gasteiger partial charge is 0.254 e. The van der Waals surface area contributed by atoms with E-state index in [2.05, 4.69) is 50.3 Å². The summed E-state index contributed by atoms with van der Waals surface area (Å²) >= 11 is 0. The first kappa shape index (κ1) is 20.0. The van der Waals surface area contributed by atoms with Crippen LogP contribution in [0.1, 0.15) is 42.0 Å².